The third kappa shape index (κ3) is 4.54. The fraction of sp³-hybridized carbons (Fsp3) is 0.0476. The molecule has 0 spiro atoms. The summed E-state index contributed by atoms with van der Waals surface area (Å²) in [5.41, 5.74) is 10.4. The SMILES string of the molecule is CC1(C)c2ccccc2B2c3cc4c5ccccc5c5ccccc5c4cc3N(c3ccc4c5ccccc5c5ccccc5c4c3)c3cc4c5ccccc5c5ccccc5c4c1c32. The fourth-order valence-corrected chi connectivity index (χ4v) is 12.9. The van der Waals surface area contributed by atoms with Crippen molar-refractivity contribution in [3.05, 3.63) is 217 Å². The Labute approximate surface area is 376 Å². The Morgan fingerprint density at radius 1 is 0.323 bits per heavy atom. The van der Waals surface area contributed by atoms with E-state index < -0.39 is 0 Å². The molecule has 0 aliphatic carbocycles. The minimum absolute atomic E-state index is 0.0185. The number of anilines is 3. The van der Waals surface area contributed by atoms with Crippen LogP contribution in [0.2, 0.25) is 0 Å². The first-order valence-electron chi connectivity index (χ1n) is 23.0. The van der Waals surface area contributed by atoms with Crippen LogP contribution >= 0.6 is 0 Å². The van der Waals surface area contributed by atoms with Gasteiger partial charge in [0.05, 0.1) is 0 Å². The molecule has 0 fully saturated rings. The predicted octanol–water partition coefficient (Wildman–Crippen LogP) is 15.0. The average molecular weight is 822 g/mol. The van der Waals surface area contributed by atoms with Gasteiger partial charge in [0, 0.05) is 22.5 Å². The molecule has 0 saturated heterocycles. The van der Waals surface area contributed by atoms with Crippen molar-refractivity contribution in [3.8, 4) is 0 Å². The van der Waals surface area contributed by atoms with E-state index in [0.29, 0.717) is 0 Å². The topological polar surface area (TPSA) is 3.24 Å². The van der Waals surface area contributed by atoms with E-state index in [1.165, 1.54) is 142 Å². The number of fused-ring (bicyclic) bond motifs is 23. The highest BCUT2D eigenvalue weighted by Crippen LogP contribution is 2.51. The molecule has 2 heterocycles. The molecule has 0 amide bonds. The number of hydrogen-bond donors (Lipinski definition) is 0. The van der Waals surface area contributed by atoms with Gasteiger partial charge in [0.15, 0.2) is 0 Å². The smallest absolute Gasteiger partial charge is 0.247 e. The Kier molecular flexibility index (Phi) is 6.90. The van der Waals surface area contributed by atoms with Crippen molar-refractivity contribution in [2.24, 2.45) is 0 Å². The Morgan fingerprint density at radius 2 is 0.708 bits per heavy atom. The van der Waals surface area contributed by atoms with E-state index in [-0.39, 0.29) is 12.1 Å². The van der Waals surface area contributed by atoms with Crippen LogP contribution in [-0.2, 0) is 5.41 Å². The molecular formula is C63H40BN. The van der Waals surface area contributed by atoms with Crippen LogP contribution < -0.4 is 21.3 Å². The van der Waals surface area contributed by atoms with Crippen molar-refractivity contribution in [1.82, 2.24) is 0 Å². The van der Waals surface area contributed by atoms with Gasteiger partial charge in [-0.15, -0.1) is 0 Å². The van der Waals surface area contributed by atoms with Gasteiger partial charge in [0.1, 0.15) is 0 Å². The molecule has 0 N–H and O–H groups in total. The summed E-state index contributed by atoms with van der Waals surface area (Å²) in [6.07, 6.45) is 0. The maximum absolute atomic E-state index is 2.66. The Bertz CT molecular complexity index is 4260. The summed E-state index contributed by atoms with van der Waals surface area (Å²) in [6.45, 7) is 4.98. The van der Waals surface area contributed by atoms with E-state index in [9.17, 15) is 0 Å². The Hall–Kier alpha value is -7.94. The first-order chi connectivity index (χ1) is 32.0. The normalized spacial score (nSPS) is 14.1. The molecule has 0 saturated carbocycles. The maximum atomic E-state index is 2.66. The molecule has 1 nitrogen and oxygen atoms in total. The molecule has 0 atom stereocenters. The van der Waals surface area contributed by atoms with Gasteiger partial charge >= 0.3 is 0 Å². The van der Waals surface area contributed by atoms with Crippen LogP contribution in [0, 0.1) is 0 Å². The summed E-state index contributed by atoms with van der Waals surface area (Å²) < 4.78 is 0. The zero-order valence-electron chi connectivity index (χ0n) is 36.2. The van der Waals surface area contributed by atoms with E-state index in [0.717, 1.165) is 0 Å². The van der Waals surface area contributed by atoms with E-state index >= 15 is 0 Å². The largest absolute Gasteiger partial charge is 0.311 e. The first-order valence-corrected chi connectivity index (χ1v) is 23.0. The summed E-state index contributed by atoms with van der Waals surface area (Å²) in [5, 5.41) is 23.4. The van der Waals surface area contributed by atoms with Crippen LogP contribution in [0.5, 0.6) is 0 Å². The van der Waals surface area contributed by atoms with Crippen molar-refractivity contribution >= 4 is 137 Å². The van der Waals surface area contributed by atoms with Gasteiger partial charge < -0.3 is 4.90 Å². The molecule has 15 rings (SSSR count). The molecule has 2 aliphatic heterocycles. The van der Waals surface area contributed by atoms with Crippen molar-refractivity contribution < 1.29 is 0 Å². The molecule has 0 bridgehead atoms. The third-order valence-electron chi connectivity index (χ3n) is 15.6. The van der Waals surface area contributed by atoms with E-state index in [1.54, 1.807) is 0 Å². The average Bonchev–Trinajstić information content (AvgIpc) is 3.37. The molecule has 13 aromatic rings. The minimum atomic E-state index is -0.302. The lowest BCUT2D eigenvalue weighted by molar-refractivity contribution is 0.652. The number of hydrogen-bond acceptors (Lipinski definition) is 1. The van der Waals surface area contributed by atoms with Gasteiger partial charge in [0.25, 0.3) is 0 Å². The number of benzene rings is 13. The lowest BCUT2D eigenvalue weighted by Gasteiger charge is -2.46. The van der Waals surface area contributed by atoms with Crippen molar-refractivity contribution in [2.45, 2.75) is 19.3 Å². The highest BCUT2D eigenvalue weighted by molar-refractivity contribution is 6.99. The summed E-state index contributed by atoms with van der Waals surface area (Å²) >= 11 is 0. The lowest BCUT2D eigenvalue weighted by atomic mass is 9.30. The second kappa shape index (κ2) is 12.6. The highest BCUT2D eigenvalue weighted by atomic mass is 15.2. The van der Waals surface area contributed by atoms with Gasteiger partial charge in [-0.1, -0.05) is 201 Å². The molecule has 0 unspecified atom stereocenters. The second-order valence-electron chi connectivity index (χ2n) is 19.0. The standard InChI is InChI=1S/C63H40BN/c1-63(2)55-29-15-16-30-56(55)64-57-34-52-46-25-10-6-19-40(46)41-20-7-11-26-47(41)53(52)35-58(57)65(37-31-32-49-42-21-4-3-17-38(42)39-18-5-9-24-45(39)51(49)33-37)59-36-54-48-27-12-8-22-43(48)44-23-13-14-28-50(44)60(54)61(63)62(59)64/h3-36H,1-2H3. The van der Waals surface area contributed by atoms with Crippen LogP contribution in [0.1, 0.15) is 25.0 Å². The number of rotatable bonds is 1. The van der Waals surface area contributed by atoms with Crippen LogP contribution in [0.15, 0.2) is 206 Å². The predicted molar refractivity (Wildman–Crippen MR) is 282 cm³/mol. The summed E-state index contributed by atoms with van der Waals surface area (Å²) in [5.74, 6) is 0. The van der Waals surface area contributed by atoms with E-state index in [2.05, 4.69) is 225 Å². The van der Waals surface area contributed by atoms with Crippen molar-refractivity contribution in [3.63, 3.8) is 0 Å². The van der Waals surface area contributed by atoms with Crippen LogP contribution in [0.25, 0.3) is 97.0 Å². The first kappa shape index (κ1) is 35.5. The van der Waals surface area contributed by atoms with Gasteiger partial charge in [-0.25, -0.2) is 0 Å². The maximum Gasteiger partial charge on any atom is 0.247 e. The fourth-order valence-electron chi connectivity index (χ4n) is 12.9. The number of nitrogens with zero attached hydrogens (tertiary/aromatic N) is 1. The Balaban J connectivity index is 1.17. The van der Waals surface area contributed by atoms with Crippen molar-refractivity contribution in [1.29, 1.82) is 0 Å². The summed E-state index contributed by atoms with van der Waals surface area (Å²) in [4.78, 5) is 2.66. The zero-order valence-corrected chi connectivity index (χ0v) is 36.2. The van der Waals surface area contributed by atoms with Crippen LogP contribution in [-0.4, -0.2) is 6.71 Å². The molecule has 65 heavy (non-hydrogen) atoms. The molecule has 300 valence electrons. The van der Waals surface area contributed by atoms with Crippen LogP contribution in [0.4, 0.5) is 17.1 Å². The molecule has 2 aliphatic rings. The third-order valence-corrected chi connectivity index (χ3v) is 15.6. The molecule has 2 heteroatoms. The van der Waals surface area contributed by atoms with E-state index in [4.69, 9.17) is 0 Å². The molecule has 0 aromatic heterocycles. The summed E-state index contributed by atoms with van der Waals surface area (Å²) in [6, 6.07) is 78.5. The minimum Gasteiger partial charge on any atom is -0.311 e. The van der Waals surface area contributed by atoms with Gasteiger partial charge in [-0.05, 0) is 143 Å². The van der Waals surface area contributed by atoms with Crippen LogP contribution in [0.3, 0.4) is 0 Å². The Morgan fingerprint density at radius 3 is 1.25 bits per heavy atom. The monoisotopic (exact) mass is 821 g/mol. The van der Waals surface area contributed by atoms with Crippen molar-refractivity contribution in [2.75, 3.05) is 4.90 Å². The van der Waals surface area contributed by atoms with E-state index in [1.807, 2.05) is 0 Å². The molecule has 13 aromatic carbocycles. The summed E-state index contributed by atoms with van der Waals surface area (Å²) in [7, 11) is 0. The van der Waals surface area contributed by atoms with Gasteiger partial charge in [-0.3, -0.25) is 0 Å². The lowest BCUT2D eigenvalue weighted by Crippen LogP contribution is -2.64. The zero-order chi connectivity index (χ0) is 42.7. The molecular weight excluding hydrogens is 782 g/mol. The van der Waals surface area contributed by atoms with Gasteiger partial charge in [0.2, 0.25) is 6.71 Å². The molecule has 0 radical (unpaired) electrons. The second-order valence-corrected chi connectivity index (χ2v) is 19.0. The highest BCUT2D eigenvalue weighted by Gasteiger charge is 2.47. The quantitative estimate of drug-likeness (QED) is 0.118. The van der Waals surface area contributed by atoms with Gasteiger partial charge in [-0.2, -0.15) is 0 Å².